The van der Waals surface area contributed by atoms with Gasteiger partial charge in [-0.05, 0) is 13.8 Å². The number of aliphatic carboxylic acids is 3. The molecule has 0 aromatic rings. The van der Waals surface area contributed by atoms with Crippen LogP contribution in [0.4, 0.5) is 0 Å². The van der Waals surface area contributed by atoms with Crippen molar-refractivity contribution in [3.8, 4) is 0 Å². The fraction of sp³-hybridized carbons (Fsp3) is 0.824. The van der Waals surface area contributed by atoms with Crippen LogP contribution in [0.3, 0.4) is 0 Å². The Hall–Kier alpha value is -1.75. The molecule has 0 aliphatic carbocycles. The van der Waals surface area contributed by atoms with Gasteiger partial charge in [-0.1, -0.05) is 0 Å². The van der Waals surface area contributed by atoms with Crippen LogP contribution in [0.2, 0.25) is 0 Å². The highest BCUT2D eigenvalue weighted by molar-refractivity contribution is 5.69. The molecule has 0 aromatic carbocycles. The van der Waals surface area contributed by atoms with Crippen LogP contribution in [-0.2, 0) is 14.4 Å². The molecule has 0 spiro atoms. The van der Waals surface area contributed by atoms with E-state index in [1.165, 1.54) is 0 Å². The van der Waals surface area contributed by atoms with Gasteiger partial charge in [-0.2, -0.15) is 0 Å². The Morgan fingerprint density at radius 2 is 0.889 bits per heavy atom. The highest BCUT2D eigenvalue weighted by atomic mass is 16.4. The fourth-order valence-corrected chi connectivity index (χ4v) is 3.12. The molecule has 10 nitrogen and oxygen atoms in total. The molecule has 0 unspecified atom stereocenters. The maximum absolute atomic E-state index is 11.1. The lowest BCUT2D eigenvalue weighted by atomic mass is 10.2. The van der Waals surface area contributed by atoms with Gasteiger partial charge in [0.1, 0.15) is 0 Å². The summed E-state index contributed by atoms with van der Waals surface area (Å²) < 4.78 is 0. The van der Waals surface area contributed by atoms with Gasteiger partial charge in [-0.3, -0.25) is 34.0 Å². The second kappa shape index (κ2) is 11.9. The first-order valence-electron chi connectivity index (χ1n) is 9.24. The number of hydrogen-bond acceptors (Lipinski definition) is 7. The standard InChI is InChI=1S/C17H32N4O6/c1-14(2)21-9-7-19(12-16(24)25)5-3-18(11-15(22)23)4-6-20(8-10-21)13-17(26)27/h14H,3-13H2,1-2H3,(H,22,23)(H,24,25)(H,26,27). The summed E-state index contributed by atoms with van der Waals surface area (Å²) in [5.74, 6) is -2.77. The van der Waals surface area contributed by atoms with E-state index in [1.54, 1.807) is 4.90 Å². The van der Waals surface area contributed by atoms with Gasteiger partial charge in [0.05, 0.1) is 19.6 Å². The lowest BCUT2D eigenvalue weighted by Crippen LogP contribution is -2.49. The van der Waals surface area contributed by atoms with E-state index in [9.17, 15) is 14.4 Å². The number of rotatable bonds is 7. The highest BCUT2D eigenvalue weighted by Crippen LogP contribution is 2.04. The smallest absolute Gasteiger partial charge is 0.317 e. The Labute approximate surface area is 159 Å². The van der Waals surface area contributed by atoms with Crippen molar-refractivity contribution in [2.45, 2.75) is 19.9 Å². The van der Waals surface area contributed by atoms with Crippen molar-refractivity contribution in [1.29, 1.82) is 0 Å². The third kappa shape index (κ3) is 10.2. The summed E-state index contributed by atoms with van der Waals surface area (Å²) in [5, 5.41) is 27.4. The van der Waals surface area contributed by atoms with Crippen LogP contribution in [0.1, 0.15) is 13.8 Å². The van der Waals surface area contributed by atoms with Gasteiger partial charge in [0, 0.05) is 58.4 Å². The Morgan fingerprint density at radius 1 is 0.630 bits per heavy atom. The maximum atomic E-state index is 11.1. The SMILES string of the molecule is CC(C)N1CCN(CC(=O)O)CCN(CC(=O)O)CCN(CC(=O)O)CC1. The minimum Gasteiger partial charge on any atom is -0.480 e. The molecule has 1 heterocycles. The van der Waals surface area contributed by atoms with Gasteiger partial charge in [-0.25, -0.2) is 0 Å². The first kappa shape index (κ1) is 23.3. The number of carboxylic acid groups (broad SMARTS) is 3. The topological polar surface area (TPSA) is 125 Å². The first-order chi connectivity index (χ1) is 12.7. The molecule has 1 aliphatic heterocycles. The summed E-state index contributed by atoms with van der Waals surface area (Å²) in [6.07, 6.45) is 0. The molecule has 0 saturated carbocycles. The van der Waals surface area contributed by atoms with Crippen molar-refractivity contribution in [1.82, 2.24) is 19.6 Å². The summed E-state index contributed by atoms with van der Waals surface area (Å²) >= 11 is 0. The van der Waals surface area contributed by atoms with E-state index in [1.807, 2.05) is 9.80 Å². The van der Waals surface area contributed by atoms with Gasteiger partial charge in [0.2, 0.25) is 0 Å². The molecule has 1 saturated heterocycles. The van der Waals surface area contributed by atoms with E-state index >= 15 is 0 Å². The molecule has 1 rings (SSSR count). The van der Waals surface area contributed by atoms with Crippen molar-refractivity contribution in [2.24, 2.45) is 0 Å². The number of carbonyl (C=O) groups is 3. The summed E-state index contributed by atoms with van der Waals surface area (Å²) in [6, 6.07) is 0.259. The number of nitrogens with zero attached hydrogens (tertiary/aromatic N) is 4. The van der Waals surface area contributed by atoms with Crippen LogP contribution in [0, 0.1) is 0 Å². The molecule has 3 N–H and O–H groups in total. The molecule has 27 heavy (non-hydrogen) atoms. The summed E-state index contributed by atoms with van der Waals surface area (Å²) in [7, 11) is 0. The maximum Gasteiger partial charge on any atom is 0.317 e. The predicted molar refractivity (Wildman–Crippen MR) is 98.9 cm³/mol. The van der Waals surface area contributed by atoms with Crippen LogP contribution in [-0.4, -0.2) is 131 Å². The van der Waals surface area contributed by atoms with Gasteiger partial charge in [0.15, 0.2) is 0 Å². The quantitative estimate of drug-likeness (QED) is 0.493. The minimum absolute atomic E-state index is 0.0853. The minimum atomic E-state index is -0.956. The molecule has 0 bridgehead atoms. The average molecular weight is 388 g/mol. The first-order valence-corrected chi connectivity index (χ1v) is 9.24. The van der Waals surface area contributed by atoms with E-state index < -0.39 is 17.9 Å². The second-order valence-corrected chi connectivity index (χ2v) is 7.14. The van der Waals surface area contributed by atoms with E-state index in [-0.39, 0.29) is 25.7 Å². The second-order valence-electron chi connectivity index (χ2n) is 7.14. The molecule has 0 radical (unpaired) electrons. The van der Waals surface area contributed by atoms with E-state index in [4.69, 9.17) is 15.3 Å². The Kier molecular flexibility index (Phi) is 10.2. The monoisotopic (exact) mass is 388 g/mol. The molecular weight excluding hydrogens is 356 g/mol. The normalized spacial score (nSPS) is 20.1. The Balaban J connectivity index is 2.88. The van der Waals surface area contributed by atoms with Crippen molar-refractivity contribution in [3.05, 3.63) is 0 Å². The third-order valence-electron chi connectivity index (χ3n) is 4.68. The van der Waals surface area contributed by atoms with Crippen LogP contribution >= 0.6 is 0 Å². The van der Waals surface area contributed by atoms with Gasteiger partial charge in [-0.15, -0.1) is 0 Å². The van der Waals surface area contributed by atoms with E-state index in [2.05, 4.69) is 18.7 Å². The molecular formula is C17H32N4O6. The van der Waals surface area contributed by atoms with Gasteiger partial charge < -0.3 is 15.3 Å². The van der Waals surface area contributed by atoms with Crippen LogP contribution in [0.5, 0.6) is 0 Å². The zero-order chi connectivity index (χ0) is 20.4. The predicted octanol–water partition coefficient (Wildman–Crippen LogP) is -1.13. The lowest BCUT2D eigenvalue weighted by molar-refractivity contribution is -0.140. The third-order valence-corrected chi connectivity index (χ3v) is 4.68. The molecule has 0 aromatic heterocycles. The van der Waals surface area contributed by atoms with Crippen LogP contribution in [0.15, 0.2) is 0 Å². The average Bonchev–Trinajstić information content (AvgIpc) is 2.53. The van der Waals surface area contributed by atoms with Gasteiger partial charge >= 0.3 is 17.9 Å². The number of hydrogen-bond donors (Lipinski definition) is 3. The lowest BCUT2D eigenvalue weighted by Gasteiger charge is -2.34. The molecule has 10 heteroatoms. The van der Waals surface area contributed by atoms with Crippen molar-refractivity contribution >= 4 is 17.9 Å². The van der Waals surface area contributed by atoms with E-state index in [0.29, 0.717) is 52.4 Å². The van der Waals surface area contributed by atoms with Crippen LogP contribution < -0.4 is 0 Å². The van der Waals surface area contributed by atoms with Gasteiger partial charge in [0.25, 0.3) is 0 Å². The largest absolute Gasteiger partial charge is 0.480 e. The summed E-state index contributed by atoms with van der Waals surface area (Å²) in [6.45, 7) is 7.99. The molecule has 0 atom stereocenters. The number of carboxylic acids is 3. The summed E-state index contributed by atoms with van der Waals surface area (Å²) in [4.78, 5) is 41.0. The Morgan fingerprint density at radius 3 is 1.11 bits per heavy atom. The van der Waals surface area contributed by atoms with Crippen molar-refractivity contribution < 1.29 is 29.7 Å². The van der Waals surface area contributed by atoms with Crippen LogP contribution in [0.25, 0.3) is 0 Å². The van der Waals surface area contributed by atoms with Crippen molar-refractivity contribution in [2.75, 3.05) is 72.0 Å². The highest BCUT2D eigenvalue weighted by Gasteiger charge is 2.20. The molecule has 1 aliphatic rings. The zero-order valence-electron chi connectivity index (χ0n) is 16.2. The Bertz CT molecular complexity index is 470. The molecule has 0 amide bonds. The van der Waals surface area contributed by atoms with E-state index in [0.717, 1.165) is 0 Å². The molecule has 1 fully saturated rings. The fourth-order valence-electron chi connectivity index (χ4n) is 3.12. The van der Waals surface area contributed by atoms with Crippen molar-refractivity contribution in [3.63, 3.8) is 0 Å². The summed E-state index contributed by atoms with van der Waals surface area (Å²) in [5.41, 5.74) is 0. The zero-order valence-corrected chi connectivity index (χ0v) is 16.2. The molecule has 156 valence electrons.